The molecule has 0 bridgehead atoms. The first kappa shape index (κ1) is 14.5. The van der Waals surface area contributed by atoms with Crippen LogP contribution in [0.15, 0.2) is 42.5 Å². The van der Waals surface area contributed by atoms with Crippen LogP contribution in [0.2, 0.25) is 0 Å². The molecule has 0 saturated heterocycles. The molecule has 2 N–H and O–H groups in total. The Kier molecular flexibility index (Phi) is 4.35. The average molecular weight is 276 g/mol. The van der Waals surface area contributed by atoms with Gasteiger partial charge in [-0.15, -0.1) is 0 Å². The van der Waals surface area contributed by atoms with E-state index in [1.165, 1.54) is 12.1 Å². The molecule has 0 aliphatic rings. The molecule has 106 valence electrons. The Morgan fingerprint density at radius 2 is 1.80 bits per heavy atom. The predicted octanol–water partition coefficient (Wildman–Crippen LogP) is 3.62. The molecule has 20 heavy (non-hydrogen) atoms. The lowest BCUT2D eigenvalue weighted by Gasteiger charge is -2.28. The number of benzene rings is 2. The minimum absolute atomic E-state index is 0.165. The zero-order valence-corrected chi connectivity index (χ0v) is 11.6. The van der Waals surface area contributed by atoms with Crippen molar-refractivity contribution in [3.05, 3.63) is 65.2 Å². The molecular weight excluding hydrogens is 258 g/mol. The van der Waals surface area contributed by atoms with Gasteiger partial charge in [-0.25, -0.2) is 8.78 Å². The molecule has 0 saturated carbocycles. The summed E-state index contributed by atoms with van der Waals surface area (Å²) in [6, 6.07) is 11.3. The summed E-state index contributed by atoms with van der Waals surface area (Å²) in [5.74, 6) is -0.594. The van der Waals surface area contributed by atoms with Crippen molar-refractivity contribution in [2.45, 2.75) is 19.5 Å². The van der Waals surface area contributed by atoms with Crippen LogP contribution in [-0.2, 0) is 6.54 Å². The van der Waals surface area contributed by atoms with Crippen molar-refractivity contribution < 1.29 is 8.78 Å². The lowest BCUT2D eigenvalue weighted by Crippen LogP contribution is -2.22. The van der Waals surface area contributed by atoms with E-state index in [2.05, 4.69) is 0 Å². The Morgan fingerprint density at radius 3 is 2.40 bits per heavy atom. The van der Waals surface area contributed by atoms with E-state index in [1.807, 2.05) is 18.9 Å². The normalized spacial score (nSPS) is 12.2. The van der Waals surface area contributed by atoms with E-state index in [-0.39, 0.29) is 24.2 Å². The maximum atomic E-state index is 13.8. The van der Waals surface area contributed by atoms with Crippen LogP contribution in [0.25, 0.3) is 0 Å². The molecule has 2 aromatic rings. The lowest BCUT2D eigenvalue weighted by atomic mass is 10.1. The molecule has 0 radical (unpaired) electrons. The van der Waals surface area contributed by atoms with Gasteiger partial charge < -0.3 is 10.6 Å². The average Bonchev–Trinajstić information content (AvgIpc) is 2.46. The van der Waals surface area contributed by atoms with Crippen LogP contribution in [0.3, 0.4) is 0 Å². The number of anilines is 1. The topological polar surface area (TPSA) is 29.3 Å². The van der Waals surface area contributed by atoms with Crippen molar-refractivity contribution in [2.75, 3.05) is 11.9 Å². The highest BCUT2D eigenvalue weighted by Gasteiger charge is 2.16. The van der Waals surface area contributed by atoms with E-state index >= 15 is 0 Å². The predicted molar refractivity (Wildman–Crippen MR) is 77.5 cm³/mol. The minimum Gasteiger partial charge on any atom is -0.368 e. The third-order valence-electron chi connectivity index (χ3n) is 3.60. The molecule has 0 spiro atoms. The highest BCUT2D eigenvalue weighted by molar-refractivity contribution is 5.49. The molecule has 2 nitrogen and oxygen atoms in total. The fourth-order valence-electron chi connectivity index (χ4n) is 2.17. The Bertz CT molecular complexity index is 599. The fourth-order valence-corrected chi connectivity index (χ4v) is 2.17. The zero-order chi connectivity index (χ0) is 14.7. The molecule has 0 aromatic heterocycles. The molecule has 2 rings (SSSR count). The molecule has 0 amide bonds. The summed E-state index contributed by atoms with van der Waals surface area (Å²) >= 11 is 0. The molecule has 0 aliphatic heterocycles. The molecule has 2 aromatic carbocycles. The third kappa shape index (κ3) is 2.80. The largest absolute Gasteiger partial charge is 0.368 e. The first-order valence-electron chi connectivity index (χ1n) is 6.50. The molecule has 0 heterocycles. The SMILES string of the molecule is CC(c1ccccc1F)N(C)c1ccc(CN)c(F)c1. The van der Waals surface area contributed by atoms with E-state index in [0.29, 0.717) is 16.8 Å². The molecule has 0 aliphatic carbocycles. The van der Waals surface area contributed by atoms with Crippen LogP contribution in [0.4, 0.5) is 14.5 Å². The first-order chi connectivity index (χ1) is 9.54. The number of hydrogen-bond acceptors (Lipinski definition) is 2. The second kappa shape index (κ2) is 6.01. The summed E-state index contributed by atoms with van der Waals surface area (Å²) in [5, 5.41) is 0. The molecular formula is C16H18F2N2. The Balaban J connectivity index is 2.29. The highest BCUT2D eigenvalue weighted by atomic mass is 19.1. The van der Waals surface area contributed by atoms with Crippen molar-refractivity contribution in [2.24, 2.45) is 5.73 Å². The van der Waals surface area contributed by atoms with E-state index < -0.39 is 0 Å². The number of rotatable bonds is 4. The molecule has 4 heteroatoms. The van der Waals surface area contributed by atoms with Gasteiger partial charge in [-0.05, 0) is 25.1 Å². The van der Waals surface area contributed by atoms with Crippen LogP contribution in [0, 0.1) is 11.6 Å². The van der Waals surface area contributed by atoms with Gasteiger partial charge in [0.05, 0.1) is 6.04 Å². The standard InChI is InChI=1S/C16H18F2N2/c1-11(14-5-3-4-6-15(14)17)20(2)13-8-7-12(10-19)16(18)9-13/h3-9,11H,10,19H2,1-2H3. The maximum Gasteiger partial charge on any atom is 0.129 e. The summed E-state index contributed by atoms with van der Waals surface area (Å²) in [4.78, 5) is 1.84. The van der Waals surface area contributed by atoms with Crippen LogP contribution >= 0.6 is 0 Å². The van der Waals surface area contributed by atoms with Crippen LogP contribution < -0.4 is 10.6 Å². The summed E-state index contributed by atoms with van der Waals surface area (Å²) < 4.78 is 27.6. The van der Waals surface area contributed by atoms with Gasteiger partial charge in [0.25, 0.3) is 0 Å². The first-order valence-corrected chi connectivity index (χ1v) is 6.50. The van der Waals surface area contributed by atoms with Crippen molar-refractivity contribution >= 4 is 5.69 Å². The van der Waals surface area contributed by atoms with E-state index in [1.54, 1.807) is 30.3 Å². The number of nitrogens with zero attached hydrogens (tertiary/aromatic N) is 1. The molecule has 1 atom stereocenters. The van der Waals surface area contributed by atoms with E-state index in [9.17, 15) is 8.78 Å². The van der Waals surface area contributed by atoms with E-state index in [0.717, 1.165) is 0 Å². The number of halogens is 2. The summed E-state index contributed by atoms with van der Waals surface area (Å²) in [5.41, 5.74) is 7.19. The Hall–Kier alpha value is -1.94. The Labute approximate surface area is 117 Å². The lowest BCUT2D eigenvalue weighted by molar-refractivity contribution is 0.583. The second-order valence-electron chi connectivity index (χ2n) is 4.79. The quantitative estimate of drug-likeness (QED) is 0.924. The summed E-state index contributed by atoms with van der Waals surface area (Å²) in [7, 11) is 1.81. The smallest absolute Gasteiger partial charge is 0.129 e. The monoisotopic (exact) mass is 276 g/mol. The van der Waals surface area contributed by atoms with Gasteiger partial charge in [0.1, 0.15) is 11.6 Å². The van der Waals surface area contributed by atoms with Crippen LogP contribution in [-0.4, -0.2) is 7.05 Å². The Morgan fingerprint density at radius 1 is 1.10 bits per heavy atom. The van der Waals surface area contributed by atoms with Gasteiger partial charge in [0.2, 0.25) is 0 Å². The van der Waals surface area contributed by atoms with Crippen molar-refractivity contribution in [1.82, 2.24) is 0 Å². The third-order valence-corrected chi connectivity index (χ3v) is 3.60. The highest BCUT2D eigenvalue weighted by Crippen LogP contribution is 2.27. The van der Waals surface area contributed by atoms with Crippen LogP contribution in [0.1, 0.15) is 24.1 Å². The number of hydrogen-bond donors (Lipinski definition) is 1. The maximum absolute atomic E-state index is 13.8. The van der Waals surface area contributed by atoms with E-state index in [4.69, 9.17) is 5.73 Å². The van der Waals surface area contributed by atoms with Crippen molar-refractivity contribution in [3.8, 4) is 0 Å². The molecule has 1 unspecified atom stereocenters. The summed E-state index contributed by atoms with van der Waals surface area (Å²) in [6.45, 7) is 2.05. The molecule has 0 fully saturated rings. The zero-order valence-electron chi connectivity index (χ0n) is 11.6. The van der Waals surface area contributed by atoms with Crippen LogP contribution in [0.5, 0.6) is 0 Å². The van der Waals surface area contributed by atoms with Crippen molar-refractivity contribution in [1.29, 1.82) is 0 Å². The van der Waals surface area contributed by atoms with Gasteiger partial charge >= 0.3 is 0 Å². The number of nitrogens with two attached hydrogens (primary N) is 1. The fraction of sp³-hybridized carbons (Fsp3) is 0.250. The second-order valence-corrected chi connectivity index (χ2v) is 4.79. The van der Waals surface area contributed by atoms with Crippen molar-refractivity contribution in [3.63, 3.8) is 0 Å². The van der Waals surface area contributed by atoms with Gasteiger partial charge in [0.15, 0.2) is 0 Å². The van der Waals surface area contributed by atoms with Gasteiger partial charge in [-0.3, -0.25) is 0 Å². The minimum atomic E-state index is -0.336. The van der Waals surface area contributed by atoms with Gasteiger partial charge in [-0.2, -0.15) is 0 Å². The summed E-state index contributed by atoms with van der Waals surface area (Å²) in [6.07, 6.45) is 0. The van der Waals surface area contributed by atoms with Gasteiger partial charge in [0, 0.05) is 30.4 Å². The van der Waals surface area contributed by atoms with Gasteiger partial charge in [-0.1, -0.05) is 24.3 Å².